The highest BCUT2D eigenvalue weighted by molar-refractivity contribution is 5.44. The third-order valence-corrected chi connectivity index (χ3v) is 2.70. The fraction of sp³-hybridized carbons (Fsp3) is 0.0556. The van der Waals surface area contributed by atoms with Gasteiger partial charge in [0, 0.05) is 11.8 Å². The topological polar surface area (TPSA) is 17.8 Å². The van der Waals surface area contributed by atoms with Crippen LogP contribution in [0.1, 0.15) is 12.6 Å². The van der Waals surface area contributed by atoms with Crippen LogP contribution in [0.15, 0.2) is 73.0 Å². The molecule has 104 valence electrons. The highest BCUT2D eigenvalue weighted by Gasteiger charge is 1.99. The zero-order valence-electron chi connectivity index (χ0n) is 11.8. The van der Waals surface area contributed by atoms with Crippen molar-refractivity contribution in [1.29, 1.82) is 0 Å². The molecule has 0 radical (unpaired) electrons. The molecule has 0 amide bonds. The average Bonchev–Trinajstić information content (AvgIpc) is 2.97. The monoisotopic (exact) mass is 278 g/mol. The van der Waals surface area contributed by atoms with E-state index in [1.807, 2.05) is 31.2 Å². The molecule has 3 heteroatoms. The lowest BCUT2D eigenvalue weighted by Gasteiger charge is -1.99. The van der Waals surface area contributed by atoms with Crippen LogP contribution in [-0.2, 0) is 0 Å². The molecule has 0 aliphatic carbocycles. The average molecular weight is 278 g/mol. The van der Waals surface area contributed by atoms with Crippen molar-refractivity contribution in [2.75, 3.05) is 0 Å². The zero-order chi connectivity index (χ0) is 15.1. The number of benzene rings is 1. The second-order valence-electron chi connectivity index (χ2n) is 4.22. The third kappa shape index (κ3) is 4.05. The summed E-state index contributed by atoms with van der Waals surface area (Å²) in [5, 5.41) is 4.34. The lowest BCUT2D eigenvalue weighted by Crippen LogP contribution is -1.94. The number of rotatable bonds is 3. The molecule has 0 N–H and O–H groups in total. The Balaban J connectivity index is 2.21. The number of hydrogen-bond donors (Lipinski definition) is 0. The molecule has 0 atom stereocenters. The van der Waals surface area contributed by atoms with Crippen molar-refractivity contribution >= 4 is 0 Å². The lowest BCUT2D eigenvalue weighted by atomic mass is 10.2. The Labute approximate surface area is 123 Å². The van der Waals surface area contributed by atoms with Gasteiger partial charge in [0.25, 0.3) is 0 Å². The molecule has 1 aromatic heterocycles. The Hall–Kier alpha value is -2.86. The number of halogens is 1. The molecule has 0 spiro atoms. The first-order valence-electron chi connectivity index (χ1n) is 6.52. The highest BCUT2D eigenvalue weighted by Crippen LogP contribution is 2.08. The zero-order valence-corrected chi connectivity index (χ0v) is 11.8. The maximum Gasteiger partial charge on any atom is 0.136 e. The minimum Gasteiger partial charge on any atom is -0.240 e. The van der Waals surface area contributed by atoms with E-state index in [-0.39, 0.29) is 5.82 Å². The summed E-state index contributed by atoms with van der Waals surface area (Å²) in [5.41, 5.74) is 2.26. The summed E-state index contributed by atoms with van der Waals surface area (Å²) in [6.45, 7) is 5.66. The second kappa shape index (κ2) is 7.06. The predicted octanol–water partition coefficient (Wildman–Crippen LogP) is 4.05. The second-order valence-corrected chi connectivity index (χ2v) is 4.22. The maximum absolute atomic E-state index is 12.9. The minimum absolute atomic E-state index is 0.268. The van der Waals surface area contributed by atoms with Gasteiger partial charge in [0.05, 0.1) is 5.69 Å². The van der Waals surface area contributed by atoms with Gasteiger partial charge in [-0.15, -0.1) is 0 Å². The molecular weight excluding hydrogens is 263 g/mol. The standard InChI is InChI=1S/C18H15FN2/c1-3-5-6-15(4-2)7-10-17-13-14-21(20-17)18-11-8-16(19)9-12-18/h3-6,8-9,11-14H,2H2,1H3/b5-3-,15-6+. The molecule has 1 heterocycles. The van der Waals surface area contributed by atoms with Crippen molar-refractivity contribution in [1.82, 2.24) is 9.78 Å². The molecule has 0 bridgehead atoms. The van der Waals surface area contributed by atoms with Crippen LogP contribution in [0.25, 0.3) is 5.69 Å². The van der Waals surface area contributed by atoms with Crippen LogP contribution in [0, 0.1) is 17.7 Å². The van der Waals surface area contributed by atoms with Gasteiger partial charge in [0.15, 0.2) is 0 Å². The van der Waals surface area contributed by atoms with Gasteiger partial charge in [-0.05, 0) is 49.3 Å². The normalized spacial score (nSPS) is 11.2. The van der Waals surface area contributed by atoms with E-state index in [9.17, 15) is 4.39 Å². The lowest BCUT2D eigenvalue weighted by molar-refractivity contribution is 0.627. The summed E-state index contributed by atoms with van der Waals surface area (Å²) in [5.74, 6) is 5.71. The van der Waals surface area contributed by atoms with Crippen LogP contribution in [0.2, 0.25) is 0 Å². The summed E-state index contributed by atoms with van der Waals surface area (Å²) < 4.78 is 14.5. The molecule has 0 saturated carbocycles. The summed E-state index contributed by atoms with van der Waals surface area (Å²) in [7, 11) is 0. The summed E-state index contributed by atoms with van der Waals surface area (Å²) in [4.78, 5) is 0. The first-order chi connectivity index (χ1) is 10.2. The highest BCUT2D eigenvalue weighted by atomic mass is 19.1. The minimum atomic E-state index is -0.268. The number of nitrogens with zero attached hydrogens (tertiary/aromatic N) is 2. The molecule has 2 rings (SSSR count). The molecule has 1 aromatic carbocycles. The first-order valence-corrected chi connectivity index (χ1v) is 6.52. The fourth-order valence-corrected chi connectivity index (χ4v) is 1.63. The molecule has 0 aliphatic heterocycles. The van der Waals surface area contributed by atoms with Gasteiger partial charge in [0.1, 0.15) is 11.5 Å². The van der Waals surface area contributed by atoms with Crippen molar-refractivity contribution in [3.63, 3.8) is 0 Å². The van der Waals surface area contributed by atoms with E-state index in [1.165, 1.54) is 12.1 Å². The molecule has 0 fully saturated rings. The van der Waals surface area contributed by atoms with E-state index >= 15 is 0 Å². The van der Waals surface area contributed by atoms with E-state index in [0.29, 0.717) is 5.69 Å². The summed E-state index contributed by atoms with van der Waals surface area (Å²) in [6.07, 6.45) is 9.21. The van der Waals surface area contributed by atoms with Gasteiger partial charge in [-0.3, -0.25) is 0 Å². The molecule has 2 nitrogen and oxygen atoms in total. The van der Waals surface area contributed by atoms with Crippen LogP contribution in [0.3, 0.4) is 0 Å². The Kier molecular flexibility index (Phi) is 4.89. The van der Waals surface area contributed by atoms with Crippen molar-refractivity contribution < 1.29 is 4.39 Å². The van der Waals surface area contributed by atoms with Gasteiger partial charge in [-0.25, -0.2) is 9.07 Å². The van der Waals surface area contributed by atoms with Gasteiger partial charge < -0.3 is 0 Å². The summed E-state index contributed by atoms with van der Waals surface area (Å²) >= 11 is 0. The van der Waals surface area contributed by atoms with Crippen LogP contribution in [0.5, 0.6) is 0 Å². The Morgan fingerprint density at radius 3 is 2.71 bits per heavy atom. The molecule has 0 saturated heterocycles. The Morgan fingerprint density at radius 2 is 2.05 bits per heavy atom. The molecule has 0 aliphatic rings. The van der Waals surface area contributed by atoms with E-state index in [1.54, 1.807) is 29.1 Å². The Bertz CT molecular complexity index is 738. The number of allylic oxidation sites excluding steroid dienone is 5. The van der Waals surface area contributed by atoms with Gasteiger partial charge in [-0.2, -0.15) is 5.10 Å². The van der Waals surface area contributed by atoms with E-state index in [2.05, 4.69) is 23.5 Å². The number of hydrogen-bond acceptors (Lipinski definition) is 1. The van der Waals surface area contributed by atoms with E-state index in [0.717, 1.165) is 11.3 Å². The third-order valence-electron chi connectivity index (χ3n) is 2.70. The van der Waals surface area contributed by atoms with Crippen molar-refractivity contribution in [2.45, 2.75) is 6.92 Å². The molecule has 21 heavy (non-hydrogen) atoms. The van der Waals surface area contributed by atoms with Crippen molar-refractivity contribution in [3.8, 4) is 17.5 Å². The van der Waals surface area contributed by atoms with E-state index in [4.69, 9.17) is 0 Å². The predicted molar refractivity (Wildman–Crippen MR) is 83.5 cm³/mol. The van der Waals surface area contributed by atoms with Crippen molar-refractivity contribution in [3.05, 3.63) is 84.5 Å². The van der Waals surface area contributed by atoms with Crippen molar-refractivity contribution in [2.24, 2.45) is 0 Å². The van der Waals surface area contributed by atoms with Gasteiger partial charge in [-0.1, -0.05) is 30.7 Å². The fourth-order valence-electron chi connectivity index (χ4n) is 1.63. The van der Waals surface area contributed by atoms with Gasteiger partial charge >= 0.3 is 0 Å². The maximum atomic E-state index is 12.9. The largest absolute Gasteiger partial charge is 0.240 e. The molecule has 0 unspecified atom stereocenters. The molecule has 2 aromatic rings. The van der Waals surface area contributed by atoms with Crippen LogP contribution in [0.4, 0.5) is 4.39 Å². The molecular formula is C18H15FN2. The quantitative estimate of drug-likeness (QED) is 0.611. The van der Waals surface area contributed by atoms with Crippen LogP contribution in [-0.4, -0.2) is 9.78 Å². The summed E-state index contributed by atoms with van der Waals surface area (Å²) in [6, 6.07) is 7.95. The first kappa shape index (κ1) is 14.5. The SMILES string of the molecule is C=C/C(C#Cc1ccn(-c2ccc(F)cc2)n1)=C\C=C/C. The smallest absolute Gasteiger partial charge is 0.136 e. The van der Waals surface area contributed by atoms with Crippen LogP contribution >= 0.6 is 0 Å². The van der Waals surface area contributed by atoms with Crippen LogP contribution < -0.4 is 0 Å². The number of aromatic nitrogens is 2. The van der Waals surface area contributed by atoms with Gasteiger partial charge in [0.2, 0.25) is 0 Å². The van der Waals surface area contributed by atoms with E-state index < -0.39 is 0 Å². The Morgan fingerprint density at radius 1 is 1.29 bits per heavy atom.